The number of likely N-dealkylation sites (tertiary alicyclic amines) is 1. The number of carbonyl (C=O) groups excluding carboxylic acids is 1. The molecule has 2 aromatic rings. The van der Waals surface area contributed by atoms with Gasteiger partial charge in [-0.1, -0.05) is 11.6 Å². The van der Waals surface area contributed by atoms with E-state index in [0.717, 1.165) is 18.5 Å². The van der Waals surface area contributed by atoms with Crippen molar-refractivity contribution in [3.05, 3.63) is 29.0 Å². The van der Waals surface area contributed by atoms with Gasteiger partial charge in [0.15, 0.2) is 17.1 Å². The van der Waals surface area contributed by atoms with Crippen molar-refractivity contribution in [1.82, 2.24) is 10.2 Å². The van der Waals surface area contributed by atoms with Crippen LogP contribution in [-0.2, 0) is 4.74 Å². The molecule has 0 unspecified atom stereocenters. The number of rotatable bonds is 5. The smallest absolute Gasteiger partial charge is 0.287 e. The van der Waals surface area contributed by atoms with E-state index < -0.39 is 0 Å². The maximum absolute atomic E-state index is 12.6. The number of ether oxygens (including phenoxy) is 2. The number of nitrogens with one attached hydrogen (secondary N) is 1. The first-order valence-corrected chi connectivity index (χ1v) is 8.65. The zero-order valence-electron chi connectivity index (χ0n) is 14.8. The quantitative estimate of drug-likeness (QED) is 0.881. The molecule has 2 heterocycles. The number of carbonyl (C=O) groups is 1. The van der Waals surface area contributed by atoms with Gasteiger partial charge in [-0.25, -0.2) is 0 Å². The van der Waals surface area contributed by atoms with E-state index in [9.17, 15) is 4.79 Å². The second kappa shape index (κ2) is 7.23. The summed E-state index contributed by atoms with van der Waals surface area (Å²) in [5.41, 5.74) is 0.510. The molecule has 0 saturated carbocycles. The molecule has 7 heteroatoms. The summed E-state index contributed by atoms with van der Waals surface area (Å²) in [7, 11) is 3.21. The first-order chi connectivity index (χ1) is 11.9. The molecule has 136 valence electrons. The van der Waals surface area contributed by atoms with Crippen LogP contribution in [0.3, 0.4) is 0 Å². The third kappa shape index (κ3) is 3.61. The average molecular weight is 367 g/mol. The molecule has 25 heavy (non-hydrogen) atoms. The van der Waals surface area contributed by atoms with Crippen LogP contribution in [0.25, 0.3) is 11.0 Å². The maximum Gasteiger partial charge on any atom is 0.287 e. The van der Waals surface area contributed by atoms with Crippen LogP contribution in [0.4, 0.5) is 0 Å². The third-order valence-corrected chi connectivity index (χ3v) is 4.85. The summed E-state index contributed by atoms with van der Waals surface area (Å²) in [5, 5.41) is 4.28. The van der Waals surface area contributed by atoms with Crippen LogP contribution in [-0.4, -0.2) is 56.3 Å². The van der Waals surface area contributed by atoms with Gasteiger partial charge in [0.05, 0.1) is 19.3 Å². The first-order valence-electron chi connectivity index (χ1n) is 8.27. The molecule has 0 aliphatic carbocycles. The lowest BCUT2D eigenvalue weighted by Crippen LogP contribution is -2.43. The van der Waals surface area contributed by atoms with Crippen molar-refractivity contribution in [3.8, 4) is 5.75 Å². The molecule has 1 saturated heterocycles. The van der Waals surface area contributed by atoms with Crippen LogP contribution in [0.2, 0.25) is 5.02 Å². The Kier molecular flexibility index (Phi) is 5.22. The lowest BCUT2D eigenvalue weighted by atomic mass is 10.2. The Morgan fingerprint density at radius 2 is 2.08 bits per heavy atom. The summed E-state index contributed by atoms with van der Waals surface area (Å²) in [5.74, 6) is 0.462. The number of methoxy groups -OCH3 is 2. The minimum atomic E-state index is -0.271. The zero-order valence-corrected chi connectivity index (χ0v) is 15.6. The molecule has 0 radical (unpaired) electrons. The summed E-state index contributed by atoms with van der Waals surface area (Å²) >= 11 is 6.07. The minimum absolute atomic E-state index is 0.0419. The largest absolute Gasteiger partial charge is 0.493 e. The highest BCUT2D eigenvalue weighted by atomic mass is 35.5. The number of nitrogens with zero attached hydrogens (tertiary/aromatic N) is 1. The lowest BCUT2D eigenvalue weighted by molar-refractivity contribution is 0.0738. The highest BCUT2D eigenvalue weighted by Gasteiger charge is 2.35. The Labute approximate surface area is 152 Å². The number of amides is 1. The standard InChI is InChI=1S/C18H23ClN2O4/c1-10(2)21-8-13(16(9-21)24-4)20-18(22)15-6-11-5-12(19)7-14(23-3)17(11)25-15/h5-7,10,13,16H,8-9H2,1-4H3,(H,20,22)/t13-,16-/m0/s1. The van der Waals surface area contributed by atoms with Gasteiger partial charge in [0, 0.05) is 42.7 Å². The predicted molar refractivity (Wildman–Crippen MR) is 96.5 cm³/mol. The molecule has 1 aromatic heterocycles. The third-order valence-electron chi connectivity index (χ3n) is 4.63. The SMILES string of the molecule is COc1cc(Cl)cc2cc(C(=O)N[C@H]3CN(C(C)C)C[C@@H]3OC)oc12. The number of fused-ring (bicyclic) bond motifs is 1. The summed E-state index contributed by atoms with van der Waals surface area (Å²) in [6.45, 7) is 5.80. The summed E-state index contributed by atoms with van der Waals surface area (Å²) in [4.78, 5) is 14.9. The Morgan fingerprint density at radius 3 is 2.72 bits per heavy atom. The molecule has 1 fully saturated rings. The Bertz CT molecular complexity index is 774. The number of benzene rings is 1. The second-order valence-corrected chi connectivity index (χ2v) is 6.98. The van der Waals surface area contributed by atoms with Crippen molar-refractivity contribution in [2.24, 2.45) is 0 Å². The number of halogens is 1. The molecular weight excluding hydrogens is 344 g/mol. The van der Waals surface area contributed by atoms with Crippen molar-refractivity contribution in [2.45, 2.75) is 32.0 Å². The van der Waals surface area contributed by atoms with Crippen LogP contribution < -0.4 is 10.1 Å². The van der Waals surface area contributed by atoms with Gasteiger partial charge in [-0.15, -0.1) is 0 Å². The van der Waals surface area contributed by atoms with Gasteiger partial charge in [-0.2, -0.15) is 0 Å². The summed E-state index contributed by atoms with van der Waals surface area (Å²) in [6, 6.07) is 5.40. The molecular formula is C18H23ClN2O4. The Morgan fingerprint density at radius 1 is 1.32 bits per heavy atom. The molecule has 6 nitrogen and oxygen atoms in total. The second-order valence-electron chi connectivity index (χ2n) is 6.54. The first kappa shape index (κ1) is 18.0. The van der Waals surface area contributed by atoms with Gasteiger partial charge in [-0.3, -0.25) is 9.69 Å². The van der Waals surface area contributed by atoms with Crippen molar-refractivity contribution < 1.29 is 18.7 Å². The maximum atomic E-state index is 12.6. The topological polar surface area (TPSA) is 63.9 Å². The number of furan rings is 1. The van der Waals surface area contributed by atoms with Crippen LogP contribution >= 0.6 is 11.6 Å². The molecule has 1 N–H and O–H groups in total. The normalized spacial score (nSPS) is 21.2. The molecule has 0 spiro atoms. The molecule has 1 amide bonds. The molecule has 1 aromatic carbocycles. The molecule has 0 bridgehead atoms. The van der Waals surface area contributed by atoms with Crippen molar-refractivity contribution in [1.29, 1.82) is 0 Å². The van der Waals surface area contributed by atoms with Crippen molar-refractivity contribution >= 4 is 28.5 Å². The molecule has 2 atom stereocenters. The fourth-order valence-corrected chi connectivity index (χ4v) is 3.41. The minimum Gasteiger partial charge on any atom is -0.493 e. The van der Waals surface area contributed by atoms with E-state index >= 15 is 0 Å². The molecule has 1 aliphatic heterocycles. The van der Waals surface area contributed by atoms with E-state index in [0.29, 0.717) is 22.4 Å². The number of hydrogen-bond donors (Lipinski definition) is 1. The fraction of sp³-hybridized carbons (Fsp3) is 0.500. The number of hydrogen-bond acceptors (Lipinski definition) is 5. The zero-order chi connectivity index (χ0) is 18.1. The average Bonchev–Trinajstić information content (AvgIpc) is 3.17. The fourth-order valence-electron chi connectivity index (χ4n) is 3.19. The van der Waals surface area contributed by atoms with E-state index in [1.54, 1.807) is 25.3 Å². The molecule has 1 aliphatic rings. The highest BCUT2D eigenvalue weighted by molar-refractivity contribution is 6.31. The van der Waals surface area contributed by atoms with Gasteiger partial charge in [0.1, 0.15) is 0 Å². The predicted octanol–water partition coefficient (Wildman–Crippen LogP) is 2.93. The van der Waals surface area contributed by atoms with E-state index in [4.69, 9.17) is 25.5 Å². The van der Waals surface area contributed by atoms with E-state index in [2.05, 4.69) is 24.1 Å². The summed E-state index contributed by atoms with van der Waals surface area (Å²) < 4.78 is 16.5. The van der Waals surface area contributed by atoms with Gasteiger partial charge >= 0.3 is 0 Å². The van der Waals surface area contributed by atoms with Crippen LogP contribution in [0.5, 0.6) is 5.75 Å². The van der Waals surface area contributed by atoms with Gasteiger partial charge in [-0.05, 0) is 26.0 Å². The van der Waals surface area contributed by atoms with Gasteiger partial charge in [0.25, 0.3) is 5.91 Å². The Hall–Kier alpha value is -1.76. The van der Waals surface area contributed by atoms with E-state index in [1.165, 1.54) is 7.11 Å². The highest BCUT2D eigenvalue weighted by Crippen LogP contribution is 2.32. The van der Waals surface area contributed by atoms with Gasteiger partial charge < -0.3 is 19.2 Å². The monoisotopic (exact) mass is 366 g/mol. The van der Waals surface area contributed by atoms with Crippen molar-refractivity contribution in [3.63, 3.8) is 0 Å². The van der Waals surface area contributed by atoms with Gasteiger partial charge in [0.2, 0.25) is 0 Å². The lowest BCUT2D eigenvalue weighted by Gasteiger charge is -2.19. The molecule has 3 rings (SSSR count). The van der Waals surface area contributed by atoms with Crippen LogP contribution in [0.15, 0.2) is 22.6 Å². The Balaban J connectivity index is 1.80. The van der Waals surface area contributed by atoms with Crippen LogP contribution in [0.1, 0.15) is 24.4 Å². The summed E-state index contributed by atoms with van der Waals surface area (Å²) in [6.07, 6.45) is -0.0419. The van der Waals surface area contributed by atoms with Crippen LogP contribution in [0, 0.1) is 0 Å². The van der Waals surface area contributed by atoms with Crippen molar-refractivity contribution in [2.75, 3.05) is 27.3 Å². The van der Waals surface area contributed by atoms with E-state index in [1.807, 2.05) is 0 Å². The van der Waals surface area contributed by atoms with E-state index in [-0.39, 0.29) is 23.8 Å².